The Balaban J connectivity index is 2.43. The van der Waals surface area contributed by atoms with Gasteiger partial charge in [0, 0.05) is 6.54 Å². The molecule has 0 saturated heterocycles. The van der Waals surface area contributed by atoms with Gasteiger partial charge >= 0.3 is 5.97 Å². The lowest BCUT2D eigenvalue weighted by Crippen LogP contribution is -2.34. The van der Waals surface area contributed by atoms with Crippen LogP contribution in [0.3, 0.4) is 0 Å². The highest BCUT2D eigenvalue weighted by molar-refractivity contribution is 7.89. The molecule has 1 aliphatic carbocycles. The number of nitrogens with zero attached hydrogens (tertiary/aromatic N) is 1. The number of carbonyl (C=O) groups is 1. The summed E-state index contributed by atoms with van der Waals surface area (Å²) in [5.74, 6) is 1.57. The fourth-order valence-electron chi connectivity index (χ4n) is 2.09. The van der Waals surface area contributed by atoms with Crippen molar-refractivity contribution < 1.29 is 18.3 Å². The lowest BCUT2D eigenvalue weighted by molar-refractivity contribution is 0.0696. The Morgan fingerprint density at radius 3 is 2.67 bits per heavy atom. The summed E-state index contributed by atoms with van der Waals surface area (Å²) in [7, 11) is -3.78. The van der Waals surface area contributed by atoms with E-state index in [1.165, 1.54) is 22.5 Å². The van der Waals surface area contributed by atoms with Gasteiger partial charge in [0.15, 0.2) is 0 Å². The van der Waals surface area contributed by atoms with Crippen LogP contribution in [-0.4, -0.2) is 36.9 Å². The van der Waals surface area contributed by atoms with Gasteiger partial charge in [0.2, 0.25) is 10.0 Å². The second kappa shape index (κ2) is 5.88. The third-order valence-corrected chi connectivity index (χ3v) is 5.43. The van der Waals surface area contributed by atoms with Crippen LogP contribution in [0.1, 0.15) is 28.8 Å². The second-order valence-corrected chi connectivity index (χ2v) is 7.14. The molecule has 1 N–H and O–H groups in total. The molecule has 2 rings (SSSR count). The van der Waals surface area contributed by atoms with Gasteiger partial charge in [0.25, 0.3) is 0 Å². The zero-order valence-electron chi connectivity index (χ0n) is 11.7. The molecule has 6 heteroatoms. The Morgan fingerprint density at radius 2 is 2.14 bits per heavy atom. The van der Waals surface area contributed by atoms with Crippen LogP contribution >= 0.6 is 0 Å². The highest BCUT2D eigenvalue weighted by atomic mass is 32.2. The number of hydrogen-bond donors (Lipinski definition) is 1. The number of rotatable bonds is 6. The van der Waals surface area contributed by atoms with E-state index in [-0.39, 0.29) is 17.0 Å². The Kier molecular flexibility index (Phi) is 4.35. The molecule has 1 aromatic rings. The van der Waals surface area contributed by atoms with E-state index in [1.54, 1.807) is 6.92 Å². The number of terminal acetylenes is 1. The minimum atomic E-state index is -3.78. The number of aryl methyl sites for hydroxylation is 1. The molecule has 0 amide bonds. The molecule has 0 spiro atoms. The molecule has 0 heterocycles. The first-order valence-corrected chi connectivity index (χ1v) is 8.08. The minimum Gasteiger partial charge on any atom is -0.478 e. The van der Waals surface area contributed by atoms with E-state index < -0.39 is 16.0 Å². The second-order valence-electron chi connectivity index (χ2n) is 5.23. The Morgan fingerprint density at radius 1 is 1.48 bits per heavy atom. The topological polar surface area (TPSA) is 74.7 Å². The van der Waals surface area contributed by atoms with Gasteiger partial charge in [-0.05, 0) is 43.4 Å². The molecule has 5 nitrogen and oxygen atoms in total. The largest absolute Gasteiger partial charge is 0.478 e. The monoisotopic (exact) mass is 307 g/mol. The standard InChI is InChI=1S/C15H17NO4S/c1-3-8-16(10-12-5-6-12)21(19,20)14-9-13(15(17)18)7-4-11(14)2/h1,4,7,9,12H,5-6,8,10H2,2H3,(H,17,18). The zero-order chi connectivity index (χ0) is 15.6. The fraction of sp³-hybridized carbons (Fsp3) is 0.400. The Bertz CT molecular complexity index is 699. The third-order valence-electron chi connectivity index (χ3n) is 3.48. The maximum absolute atomic E-state index is 12.7. The van der Waals surface area contributed by atoms with Crippen LogP contribution in [0.2, 0.25) is 0 Å². The summed E-state index contributed by atoms with van der Waals surface area (Å²) in [6, 6.07) is 4.09. The van der Waals surface area contributed by atoms with Crippen molar-refractivity contribution in [3.8, 4) is 12.3 Å². The molecular formula is C15H17NO4S. The summed E-state index contributed by atoms with van der Waals surface area (Å²) >= 11 is 0. The average molecular weight is 307 g/mol. The summed E-state index contributed by atoms with van der Waals surface area (Å²) < 4.78 is 26.7. The molecule has 1 aliphatic rings. The molecule has 0 atom stereocenters. The van der Waals surface area contributed by atoms with E-state index in [2.05, 4.69) is 5.92 Å². The van der Waals surface area contributed by atoms with E-state index in [9.17, 15) is 13.2 Å². The number of sulfonamides is 1. The van der Waals surface area contributed by atoms with Gasteiger partial charge in [-0.3, -0.25) is 0 Å². The summed E-state index contributed by atoms with van der Waals surface area (Å²) in [5.41, 5.74) is 0.462. The van der Waals surface area contributed by atoms with Crippen LogP contribution in [0, 0.1) is 25.2 Å². The SMILES string of the molecule is C#CCN(CC1CC1)S(=O)(=O)c1cc(C(=O)O)ccc1C. The van der Waals surface area contributed by atoms with E-state index in [0.29, 0.717) is 18.0 Å². The van der Waals surface area contributed by atoms with Crippen molar-refractivity contribution in [2.75, 3.05) is 13.1 Å². The average Bonchev–Trinajstić information content (AvgIpc) is 3.22. The van der Waals surface area contributed by atoms with E-state index in [4.69, 9.17) is 11.5 Å². The van der Waals surface area contributed by atoms with Gasteiger partial charge < -0.3 is 5.11 Å². The van der Waals surface area contributed by atoms with Crippen LogP contribution < -0.4 is 0 Å². The lowest BCUT2D eigenvalue weighted by atomic mass is 10.1. The van der Waals surface area contributed by atoms with Crippen molar-refractivity contribution in [3.05, 3.63) is 29.3 Å². The van der Waals surface area contributed by atoms with Crippen molar-refractivity contribution in [2.45, 2.75) is 24.7 Å². The quantitative estimate of drug-likeness (QED) is 0.812. The lowest BCUT2D eigenvalue weighted by Gasteiger charge is -2.21. The molecule has 1 saturated carbocycles. The molecule has 0 aromatic heterocycles. The van der Waals surface area contributed by atoms with Crippen molar-refractivity contribution in [2.24, 2.45) is 5.92 Å². The minimum absolute atomic E-state index is 0.00439. The van der Waals surface area contributed by atoms with Crippen LogP contribution in [0.15, 0.2) is 23.1 Å². The fourth-order valence-corrected chi connectivity index (χ4v) is 3.77. The highest BCUT2D eigenvalue weighted by Crippen LogP contribution is 2.32. The van der Waals surface area contributed by atoms with Gasteiger partial charge in [-0.1, -0.05) is 12.0 Å². The molecule has 0 aliphatic heterocycles. The molecular weight excluding hydrogens is 290 g/mol. The predicted octanol–water partition coefficient (Wildman–Crippen LogP) is 1.73. The van der Waals surface area contributed by atoms with Gasteiger partial charge in [0.05, 0.1) is 17.0 Å². The van der Waals surface area contributed by atoms with Crippen LogP contribution in [-0.2, 0) is 10.0 Å². The Labute approximate surface area is 124 Å². The van der Waals surface area contributed by atoms with Crippen LogP contribution in [0.25, 0.3) is 0 Å². The van der Waals surface area contributed by atoms with E-state index >= 15 is 0 Å². The zero-order valence-corrected chi connectivity index (χ0v) is 12.6. The predicted molar refractivity (Wildman–Crippen MR) is 78.5 cm³/mol. The van der Waals surface area contributed by atoms with E-state index in [1.807, 2.05) is 0 Å². The van der Waals surface area contributed by atoms with Gasteiger partial charge in [-0.2, -0.15) is 4.31 Å². The number of carboxylic acids is 1. The van der Waals surface area contributed by atoms with Gasteiger partial charge in [-0.25, -0.2) is 13.2 Å². The number of aromatic carboxylic acids is 1. The molecule has 1 fully saturated rings. The molecule has 0 unspecified atom stereocenters. The smallest absolute Gasteiger partial charge is 0.335 e. The first-order chi connectivity index (χ1) is 9.86. The summed E-state index contributed by atoms with van der Waals surface area (Å²) in [6.07, 6.45) is 7.28. The molecule has 0 radical (unpaired) electrons. The van der Waals surface area contributed by atoms with Crippen molar-refractivity contribution in [3.63, 3.8) is 0 Å². The Hall–Kier alpha value is -1.84. The number of hydrogen-bond acceptors (Lipinski definition) is 3. The molecule has 21 heavy (non-hydrogen) atoms. The summed E-state index contributed by atoms with van der Waals surface area (Å²) in [5, 5.41) is 9.02. The summed E-state index contributed by atoms with van der Waals surface area (Å²) in [6.45, 7) is 2.03. The van der Waals surface area contributed by atoms with Gasteiger partial charge in [0.1, 0.15) is 0 Å². The van der Waals surface area contributed by atoms with E-state index in [0.717, 1.165) is 12.8 Å². The van der Waals surface area contributed by atoms with Crippen LogP contribution in [0.5, 0.6) is 0 Å². The number of benzene rings is 1. The first-order valence-electron chi connectivity index (χ1n) is 6.64. The maximum atomic E-state index is 12.7. The van der Waals surface area contributed by atoms with Crippen molar-refractivity contribution in [1.29, 1.82) is 0 Å². The maximum Gasteiger partial charge on any atom is 0.335 e. The normalized spacial score (nSPS) is 14.9. The summed E-state index contributed by atoms with van der Waals surface area (Å²) in [4.78, 5) is 11.0. The third kappa shape index (κ3) is 3.43. The van der Waals surface area contributed by atoms with Crippen LogP contribution in [0.4, 0.5) is 0 Å². The molecule has 1 aromatic carbocycles. The number of carboxylic acid groups (broad SMARTS) is 1. The molecule has 112 valence electrons. The van der Waals surface area contributed by atoms with Crippen molar-refractivity contribution in [1.82, 2.24) is 4.31 Å². The highest BCUT2D eigenvalue weighted by Gasteiger charge is 2.32. The van der Waals surface area contributed by atoms with Crippen molar-refractivity contribution >= 4 is 16.0 Å². The van der Waals surface area contributed by atoms with Gasteiger partial charge in [-0.15, -0.1) is 6.42 Å². The first kappa shape index (κ1) is 15.5. The molecule has 0 bridgehead atoms.